The Morgan fingerprint density at radius 1 is 0.559 bits per heavy atom. The first-order valence-electron chi connectivity index (χ1n) is 12.1. The molecule has 0 aromatic heterocycles. The van der Waals surface area contributed by atoms with Crippen LogP contribution in [0.2, 0.25) is 0 Å². The first-order chi connectivity index (χ1) is 16.6. The van der Waals surface area contributed by atoms with Crippen LogP contribution in [0, 0.1) is 30.6 Å². The van der Waals surface area contributed by atoms with Gasteiger partial charge >= 0.3 is 0 Å². The van der Waals surface area contributed by atoms with Gasteiger partial charge in [0.25, 0.3) is 0 Å². The maximum atomic E-state index is 3.39. The van der Waals surface area contributed by atoms with Gasteiger partial charge in [-0.25, -0.2) is 0 Å². The van der Waals surface area contributed by atoms with Gasteiger partial charge in [-0.3, -0.25) is 0 Å². The summed E-state index contributed by atoms with van der Waals surface area (Å²) in [5, 5.41) is 0. The topological polar surface area (TPSA) is 0 Å². The first kappa shape index (κ1) is 23.2. The van der Waals surface area contributed by atoms with Gasteiger partial charge in [0.15, 0.2) is 0 Å². The van der Waals surface area contributed by atoms with E-state index in [1.54, 1.807) is 0 Å². The first-order valence-corrected chi connectivity index (χ1v) is 12.1. The Morgan fingerprint density at radius 3 is 1.68 bits per heavy atom. The van der Waals surface area contributed by atoms with Crippen LogP contribution in [0.25, 0.3) is 11.1 Å². The highest BCUT2D eigenvalue weighted by molar-refractivity contribution is 5.67. The molecular weight excluding hydrogens is 408 g/mol. The van der Waals surface area contributed by atoms with Crippen LogP contribution in [0.5, 0.6) is 0 Å². The van der Waals surface area contributed by atoms with E-state index in [-0.39, 0.29) is 0 Å². The zero-order chi connectivity index (χ0) is 23.8. The minimum Gasteiger partial charge on any atom is -0.0651 e. The van der Waals surface area contributed by atoms with E-state index >= 15 is 0 Å². The van der Waals surface area contributed by atoms with Gasteiger partial charge in [-0.1, -0.05) is 92.0 Å². The summed E-state index contributed by atoms with van der Waals surface area (Å²) in [6.45, 7) is 6.48. The van der Waals surface area contributed by atoms with E-state index in [1.165, 1.54) is 34.2 Å². The fraction of sp³-hybridized carbons (Fsp3) is 0.176. The van der Waals surface area contributed by atoms with Crippen LogP contribution < -0.4 is 0 Å². The second kappa shape index (κ2) is 11.2. The number of benzene rings is 4. The molecule has 0 N–H and O–H groups in total. The van der Waals surface area contributed by atoms with E-state index in [0.29, 0.717) is 0 Å². The molecule has 4 aromatic rings. The molecule has 0 atom stereocenters. The van der Waals surface area contributed by atoms with Gasteiger partial charge in [0.05, 0.1) is 0 Å². The molecule has 0 unspecified atom stereocenters. The molecular formula is C34H30. The Labute approximate surface area is 204 Å². The summed E-state index contributed by atoms with van der Waals surface area (Å²) in [4.78, 5) is 0. The van der Waals surface area contributed by atoms with Crippen molar-refractivity contribution in [3.8, 4) is 34.8 Å². The van der Waals surface area contributed by atoms with E-state index in [1.807, 2.05) is 0 Å². The predicted octanol–water partition coefficient (Wildman–Crippen LogP) is 7.98. The van der Waals surface area contributed by atoms with Crippen LogP contribution in [-0.2, 0) is 12.8 Å². The van der Waals surface area contributed by atoms with Gasteiger partial charge in [0.1, 0.15) is 0 Å². The number of hydrogen-bond acceptors (Lipinski definition) is 0. The molecule has 4 rings (SSSR count). The molecule has 0 aliphatic rings. The Kier molecular flexibility index (Phi) is 7.65. The lowest BCUT2D eigenvalue weighted by atomic mass is 9.97. The molecule has 0 saturated heterocycles. The predicted molar refractivity (Wildman–Crippen MR) is 145 cm³/mol. The number of rotatable bonds is 4. The summed E-state index contributed by atoms with van der Waals surface area (Å²) in [6.07, 6.45) is 3.24. The molecule has 166 valence electrons. The van der Waals surface area contributed by atoms with Crippen LogP contribution >= 0.6 is 0 Å². The van der Waals surface area contributed by atoms with Crippen LogP contribution in [0.15, 0.2) is 91.0 Å². The van der Waals surface area contributed by atoms with Gasteiger partial charge < -0.3 is 0 Å². The lowest BCUT2D eigenvalue weighted by molar-refractivity contribution is 0.922. The minimum absolute atomic E-state index is 0.952. The van der Waals surface area contributed by atoms with Crippen LogP contribution in [0.3, 0.4) is 0 Å². The van der Waals surface area contributed by atoms with Crippen LogP contribution in [0.1, 0.15) is 59.2 Å². The van der Waals surface area contributed by atoms with E-state index in [9.17, 15) is 0 Å². The Balaban J connectivity index is 1.51. The summed E-state index contributed by atoms with van der Waals surface area (Å²) in [5.74, 6) is 13.2. The Bertz CT molecular complexity index is 1360. The summed E-state index contributed by atoms with van der Waals surface area (Å²) in [6, 6.07) is 32.0. The SMILES string of the molecule is CCCc1ccc(C#Cc2ccc(-c3ccc(C#Cc4ccc(C)cc4)cc3)cc2CC)cc1. The molecule has 4 aromatic carbocycles. The minimum atomic E-state index is 0.952. The average molecular weight is 439 g/mol. The normalized spacial score (nSPS) is 10.1. The zero-order valence-corrected chi connectivity index (χ0v) is 20.3. The fourth-order valence-corrected chi connectivity index (χ4v) is 3.90. The second-order valence-corrected chi connectivity index (χ2v) is 8.62. The third kappa shape index (κ3) is 6.07. The maximum absolute atomic E-state index is 3.39. The smallest absolute Gasteiger partial charge is 0.0281 e. The standard InChI is InChI=1S/C34H30/c1-4-6-27-11-13-29(14-12-27)17-20-32-23-24-34(25-31(32)5-2)33-21-18-30(19-22-33)16-15-28-9-7-26(3)8-10-28/h7-14,18-19,21-25H,4-6H2,1-3H3. The van der Waals surface area contributed by atoms with E-state index in [0.717, 1.165) is 35.1 Å². The molecule has 0 heteroatoms. The fourth-order valence-electron chi connectivity index (χ4n) is 3.90. The highest BCUT2D eigenvalue weighted by Crippen LogP contribution is 2.23. The van der Waals surface area contributed by atoms with Crippen molar-refractivity contribution in [2.75, 3.05) is 0 Å². The molecule has 0 nitrogen and oxygen atoms in total. The highest BCUT2D eigenvalue weighted by Gasteiger charge is 2.03. The molecule has 0 heterocycles. The van der Waals surface area contributed by atoms with Crippen LogP contribution in [-0.4, -0.2) is 0 Å². The maximum Gasteiger partial charge on any atom is 0.0281 e. The largest absolute Gasteiger partial charge is 0.0651 e. The van der Waals surface area contributed by atoms with Crippen LogP contribution in [0.4, 0.5) is 0 Å². The quantitative estimate of drug-likeness (QED) is 0.283. The third-order valence-corrected chi connectivity index (χ3v) is 5.94. The monoisotopic (exact) mass is 438 g/mol. The molecule has 0 spiro atoms. The molecule has 0 saturated carbocycles. The van der Waals surface area contributed by atoms with Gasteiger partial charge in [-0.2, -0.15) is 0 Å². The summed E-state index contributed by atoms with van der Waals surface area (Å²) in [7, 11) is 0. The summed E-state index contributed by atoms with van der Waals surface area (Å²) < 4.78 is 0. The lowest BCUT2D eigenvalue weighted by Gasteiger charge is -2.07. The van der Waals surface area contributed by atoms with Gasteiger partial charge in [0.2, 0.25) is 0 Å². The lowest BCUT2D eigenvalue weighted by Crippen LogP contribution is -1.90. The van der Waals surface area contributed by atoms with Gasteiger partial charge in [-0.15, -0.1) is 0 Å². The number of aryl methyl sites for hydroxylation is 3. The third-order valence-electron chi connectivity index (χ3n) is 5.94. The van der Waals surface area contributed by atoms with Gasteiger partial charge in [-0.05, 0) is 90.6 Å². The Hall–Kier alpha value is -4.00. The van der Waals surface area contributed by atoms with Crippen molar-refractivity contribution in [1.29, 1.82) is 0 Å². The molecule has 0 aliphatic carbocycles. The van der Waals surface area contributed by atoms with Crippen molar-refractivity contribution in [1.82, 2.24) is 0 Å². The Morgan fingerprint density at radius 2 is 1.09 bits per heavy atom. The number of hydrogen-bond donors (Lipinski definition) is 0. The summed E-state index contributed by atoms with van der Waals surface area (Å²) in [5.41, 5.74) is 10.5. The van der Waals surface area contributed by atoms with Crippen molar-refractivity contribution in [3.63, 3.8) is 0 Å². The van der Waals surface area contributed by atoms with Gasteiger partial charge in [0, 0.05) is 22.3 Å². The summed E-state index contributed by atoms with van der Waals surface area (Å²) >= 11 is 0. The van der Waals surface area contributed by atoms with Crippen molar-refractivity contribution in [2.24, 2.45) is 0 Å². The second-order valence-electron chi connectivity index (χ2n) is 8.62. The van der Waals surface area contributed by atoms with Crippen molar-refractivity contribution in [3.05, 3.63) is 130 Å². The molecule has 0 radical (unpaired) electrons. The molecule has 0 bridgehead atoms. The van der Waals surface area contributed by atoms with E-state index < -0.39 is 0 Å². The van der Waals surface area contributed by atoms with Crippen molar-refractivity contribution < 1.29 is 0 Å². The molecule has 0 fully saturated rings. The van der Waals surface area contributed by atoms with Crippen molar-refractivity contribution in [2.45, 2.75) is 40.0 Å². The van der Waals surface area contributed by atoms with E-state index in [4.69, 9.17) is 0 Å². The zero-order valence-electron chi connectivity index (χ0n) is 20.3. The molecule has 0 amide bonds. The van der Waals surface area contributed by atoms with E-state index in [2.05, 4.69) is 135 Å². The average Bonchev–Trinajstić information content (AvgIpc) is 2.88. The highest BCUT2D eigenvalue weighted by atomic mass is 14.1. The van der Waals surface area contributed by atoms with Crippen molar-refractivity contribution >= 4 is 0 Å². The molecule has 34 heavy (non-hydrogen) atoms. The molecule has 0 aliphatic heterocycles.